The largest absolute Gasteiger partial charge is 0.494 e. The van der Waals surface area contributed by atoms with Crippen molar-refractivity contribution in [1.82, 2.24) is 14.5 Å². The van der Waals surface area contributed by atoms with Crippen molar-refractivity contribution in [2.75, 3.05) is 42.8 Å². The number of anilines is 4. The molecule has 0 atom stereocenters. The van der Waals surface area contributed by atoms with E-state index in [1.54, 1.807) is 19.4 Å². The predicted molar refractivity (Wildman–Crippen MR) is 153 cm³/mol. The Bertz CT molecular complexity index is 1380. The molecule has 0 aliphatic carbocycles. The van der Waals surface area contributed by atoms with Gasteiger partial charge in [-0.15, -0.1) is 0 Å². The van der Waals surface area contributed by atoms with Crippen molar-refractivity contribution in [2.45, 2.75) is 13.8 Å². The van der Waals surface area contributed by atoms with Gasteiger partial charge in [0.25, 0.3) is 0 Å². The molecule has 0 unspecified atom stereocenters. The number of amides is 1. The molecule has 0 aliphatic heterocycles. The van der Waals surface area contributed by atoms with Crippen molar-refractivity contribution in [1.29, 1.82) is 0 Å². The molecule has 0 aliphatic rings. The number of methoxy groups -OCH3 is 1. The number of benzene rings is 2. The van der Waals surface area contributed by atoms with Crippen LogP contribution in [0.5, 0.6) is 5.75 Å². The summed E-state index contributed by atoms with van der Waals surface area (Å²) in [6.45, 7) is 8.61. The number of ether oxygens (including phenoxy) is 1. The lowest BCUT2D eigenvalue weighted by Crippen LogP contribution is -2.26. The average molecular weight is 502 g/mol. The SMILES string of the molecule is C=CC(=O)Nc1cc(Nc2nccc(-c3cn(C)c4ccccc34)n2)c(OC)cc1N(C)CCN.CC. The van der Waals surface area contributed by atoms with Crippen molar-refractivity contribution in [3.8, 4) is 17.0 Å². The second-order valence-corrected chi connectivity index (χ2v) is 8.03. The van der Waals surface area contributed by atoms with Crippen LogP contribution in [0.3, 0.4) is 0 Å². The summed E-state index contributed by atoms with van der Waals surface area (Å²) < 4.78 is 7.71. The standard InChI is InChI=1S/C26H29N7O2.C2H6/c1-5-25(34)29-20-14-21(24(35-4)15-23(20)32(2)13-11-27)31-26-28-12-10-19(30-26)18-16-33(3)22-9-7-6-8-17(18)22;1-2/h5-10,12,14-16H,1,11,13,27H2,2-4H3,(H,29,34)(H,28,30,31);1-2H3. The van der Waals surface area contributed by atoms with Crippen LogP contribution in [0.4, 0.5) is 23.0 Å². The third-order valence-electron chi connectivity index (χ3n) is 5.71. The summed E-state index contributed by atoms with van der Waals surface area (Å²) in [6, 6.07) is 13.7. The van der Waals surface area contributed by atoms with Crippen LogP contribution in [0.15, 0.2) is 67.5 Å². The fourth-order valence-electron chi connectivity index (χ4n) is 3.98. The molecule has 4 N–H and O–H groups in total. The quantitative estimate of drug-likeness (QED) is 0.279. The molecule has 2 aromatic heterocycles. The first kappa shape index (κ1) is 27.2. The zero-order valence-corrected chi connectivity index (χ0v) is 22.1. The van der Waals surface area contributed by atoms with Crippen LogP contribution in [0, 0.1) is 0 Å². The molecule has 2 heterocycles. The first-order chi connectivity index (χ1) is 17.9. The van der Waals surface area contributed by atoms with E-state index in [1.165, 1.54) is 6.08 Å². The number of fused-ring (bicyclic) bond motifs is 1. The van der Waals surface area contributed by atoms with Crippen LogP contribution >= 0.6 is 0 Å². The topological polar surface area (TPSA) is 110 Å². The number of para-hydroxylation sites is 1. The second kappa shape index (κ2) is 12.5. The lowest BCUT2D eigenvalue weighted by molar-refractivity contribution is -0.111. The zero-order valence-electron chi connectivity index (χ0n) is 22.1. The molecule has 0 saturated heterocycles. The average Bonchev–Trinajstić information content (AvgIpc) is 3.26. The Morgan fingerprint density at radius 2 is 1.97 bits per heavy atom. The summed E-state index contributed by atoms with van der Waals surface area (Å²) in [6.07, 6.45) is 4.99. The van der Waals surface area contributed by atoms with Crippen LogP contribution in [0.25, 0.3) is 22.2 Å². The Hall–Kier alpha value is -4.37. The molecule has 37 heavy (non-hydrogen) atoms. The van der Waals surface area contributed by atoms with Gasteiger partial charge in [-0.3, -0.25) is 4.79 Å². The molecular formula is C28H35N7O2. The van der Waals surface area contributed by atoms with E-state index in [-0.39, 0.29) is 5.91 Å². The van der Waals surface area contributed by atoms with Crippen molar-refractivity contribution in [2.24, 2.45) is 12.8 Å². The van der Waals surface area contributed by atoms with Gasteiger partial charge in [0.05, 0.1) is 29.9 Å². The number of nitrogens with zero attached hydrogens (tertiary/aromatic N) is 4. The number of nitrogens with two attached hydrogens (primary N) is 1. The zero-order chi connectivity index (χ0) is 26.9. The number of hydrogen-bond acceptors (Lipinski definition) is 7. The molecule has 0 saturated carbocycles. The van der Waals surface area contributed by atoms with Gasteiger partial charge < -0.3 is 30.6 Å². The summed E-state index contributed by atoms with van der Waals surface area (Å²) in [5.74, 6) is 0.648. The Morgan fingerprint density at radius 1 is 1.22 bits per heavy atom. The summed E-state index contributed by atoms with van der Waals surface area (Å²) in [5, 5.41) is 7.21. The van der Waals surface area contributed by atoms with E-state index in [0.29, 0.717) is 36.2 Å². The van der Waals surface area contributed by atoms with Gasteiger partial charge >= 0.3 is 0 Å². The fraction of sp³-hybridized carbons (Fsp3) is 0.250. The van der Waals surface area contributed by atoms with Gasteiger partial charge in [0, 0.05) is 62.1 Å². The molecule has 4 aromatic rings. The highest BCUT2D eigenvalue weighted by atomic mass is 16.5. The van der Waals surface area contributed by atoms with Crippen LogP contribution in [0.1, 0.15) is 13.8 Å². The van der Waals surface area contributed by atoms with E-state index < -0.39 is 0 Å². The van der Waals surface area contributed by atoms with Crippen LogP contribution in [-0.2, 0) is 11.8 Å². The molecule has 0 bridgehead atoms. The number of hydrogen-bond donors (Lipinski definition) is 3. The predicted octanol–water partition coefficient (Wildman–Crippen LogP) is 4.93. The monoisotopic (exact) mass is 501 g/mol. The second-order valence-electron chi connectivity index (χ2n) is 8.03. The maximum absolute atomic E-state index is 12.1. The number of carbonyl (C=O) groups is 1. The van der Waals surface area contributed by atoms with E-state index in [0.717, 1.165) is 27.8 Å². The number of rotatable bonds is 9. The van der Waals surface area contributed by atoms with Crippen molar-refractivity contribution >= 4 is 39.8 Å². The number of nitrogens with one attached hydrogen (secondary N) is 2. The maximum Gasteiger partial charge on any atom is 0.247 e. The third-order valence-corrected chi connectivity index (χ3v) is 5.71. The molecule has 9 heteroatoms. The van der Waals surface area contributed by atoms with E-state index in [2.05, 4.69) is 45.1 Å². The van der Waals surface area contributed by atoms with Crippen LogP contribution in [0.2, 0.25) is 0 Å². The van der Waals surface area contributed by atoms with Gasteiger partial charge in [0.15, 0.2) is 0 Å². The van der Waals surface area contributed by atoms with E-state index in [1.807, 2.05) is 57.1 Å². The van der Waals surface area contributed by atoms with Gasteiger partial charge in [-0.25, -0.2) is 9.97 Å². The van der Waals surface area contributed by atoms with Crippen molar-refractivity contribution in [3.05, 3.63) is 67.5 Å². The highest BCUT2D eigenvalue weighted by Gasteiger charge is 2.17. The molecule has 9 nitrogen and oxygen atoms in total. The molecule has 0 spiro atoms. The summed E-state index contributed by atoms with van der Waals surface area (Å²) >= 11 is 0. The van der Waals surface area contributed by atoms with Gasteiger partial charge in [-0.05, 0) is 24.3 Å². The molecule has 4 rings (SSSR count). The fourth-order valence-corrected chi connectivity index (χ4v) is 3.98. The normalized spacial score (nSPS) is 10.3. The Labute approximate surface area is 218 Å². The highest BCUT2D eigenvalue weighted by Crippen LogP contribution is 2.38. The molecular weight excluding hydrogens is 466 g/mol. The van der Waals surface area contributed by atoms with Gasteiger partial charge in [0.2, 0.25) is 11.9 Å². The lowest BCUT2D eigenvalue weighted by atomic mass is 10.1. The molecule has 0 fully saturated rings. The number of aryl methyl sites for hydroxylation is 1. The van der Waals surface area contributed by atoms with E-state index in [9.17, 15) is 4.79 Å². The Kier molecular flexibility index (Phi) is 9.23. The van der Waals surface area contributed by atoms with Gasteiger partial charge in [-0.1, -0.05) is 38.6 Å². The smallest absolute Gasteiger partial charge is 0.247 e. The Balaban J connectivity index is 0.00000186. The summed E-state index contributed by atoms with van der Waals surface area (Å²) in [4.78, 5) is 23.2. The molecule has 0 radical (unpaired) electrons. The first-order valence-corrected chi connectivity index (χ1v) is 12.2. The molecule has 194 valence electrons. The van der Waals surface area contributed by atoms with Crippen LogP contribution in [-0.4, -0.2) is 47.7 Å². The Morgan fingerprint density at radius 3 is 2.68 bits per heavy atom. The van der Waals surface area contributed by atoms with Crippen LogP contribution < -0.4 is 26.0 Å². The van der Waals surface area contributed by atoms with Gasteiger partial charge in [-0.2, -0.15) is 0 Å². The minimum Gasteiger partial charge on any atom is -0.494 e. The van der Waals surface area contributed by atoms with E-state index >= 15 is 0 Å². The minimum atomic E-state index is -0.322. The van der Waals surface area contributed by atoms with Crippen molar-refractivity contribution < 1.29 is 9.53 Å². The minimum absolute atomic E-state index is 0.322. The van der Waals surface area contributed by atoms with Crippen molar-refractivity contribution in [3.63, 3.8) is 0 Å². The van der Waals surface area contributed by atoms with Gasteiger partial charge in [0.1, 0.15) is 5.75 Å². The molecule has 1 amide bonds. The molecule has 2 aromatic carbocycles. The lowest BCUT2D eigenvalue weighted by Gasteiger charge is -2.24. The number of aromatic nitrogens is 3. The van der Waals surface area contributed by atoms with E-state index in [4.69, 9.17) is 15.5 Å². The summed E-state index contributed by atoms with van der Waals surface area (Å²) in [5.41, 5.74) is 10.6. The first-order valence-electron chi connectivity index (χ1n) is 12.2. The maximum atomic E-state index is 12.1. The number of likely N-dealkylation sites (N-methyl/N-ethyl adjacent to an activating group) is 1. The number of carbonyl (C=O) groups excluding carboxylic acids is 1. The highest BCUT2D eigenvalue weighted by molar-refractivity contribution is 6.02. The third kappa shape index (κ3) is 6.07. The summed E-state index contributed by atoms with van der Waals surface area (Å²) in [7, 11) is 5.50.